The zero-order valence-electron chi connectivity index (χ0n) is 18.0. The number of anilines is 1. The van der Waals surface area contributed by atoms with Crippen LogP contribution in [0.15, 0.2) is 73.5 Å². The fourth-order valence-electron chi connectivity index (χ4n) is 3.45. The van der Waals surface area contributed by atoms with Crippen LogP contribution in [0.25, 0.3) is 16.7 Å². The zero-order chi connectivity index (χ0) is 22.7. The highest BCUT2D eigenvalue weighted by molar-refractivity contribution is 6.04. The predicted molar refractivity (Wildman–Crippen MR) is 123 cm³/mol. The third kappa shape index (κ3) is 4.32. The van der Waals surface area contributed by atoms with Crippen LogP contribution in [-0.4, -0.2) is 25.7 Å². The van der Waals surface area contributed by atoms with Crippen molar-refractivity contribution in [3.8, 4) is 11.1 Å². The highest BCUT2D eigenvalue weighted by atomic mass is 19.1. The molecule has 0 unspecified atom stereocenters. The maximum absolute atomic E-state index is 13.7. The van der Waals surface area contributed by atoms with E-state index < -0.39 is 11.7 Å². The molecule has 1 amide bonds. The Morgan fingerprint density at radius 2 is 1.75 bits per heavy atom. The van der Waals surface area contributed by atoms with Crippen molar-refractivity contribution in [2.24, 2.45) is 7.05 Å². The minimum absolute atomic E-state index is 0.179. The lowest BCUT2D eigenvalue weighted by Crippen LogP contribution is -2.15. The van der Waals surface area contributed by atoms with Crippen molar-refractivity contribution in [1.29, 1.82) is 0 Å². The van der Waals surface area contributed by atoms with Gasteiger partial charge in [-0.15, -0.1) is 0 Å². The van der Waals surface area contributed by atoms with E-state index in [9.17, 15) is 9.18 Å². The number of halogens is 1. The molecule has 7 heteroatoms. The number of allylic oxidation sites excluding steroid dienone is 1. The average molecular weight is 427 g/mol. The summed E-state index contributed by atoms with van der Waals surface area (Å²) in [7, 11) is 1.89. The maximum atomic E-state index is 13.7. The van der Waals surface area contributed by atoms with Gasteiger partial charge in [0.2, 0.25) is 0 Å². The summed E-state index contributed by atoms with van der Waals surface area (Å²) in [6.07, 6.45) is 9.97. The van der Waals surface area contributed by atoms with Crippen LogP contribution in [-0.2, 0) is 7.05 Å². The summed E-state index contributed by atoms with van der Waals surface area (Å²) in [5, 5.41) is 6.91. The summed E-state index contributed by atoms with van der Waals surface area (Å²) in [5.74, 6) is -0.593. The first-order valence-corrected chi connectivity index (χ1v) is 10.1. The molecule has 0 aliphatic rings. The number of benzene rings is 1. The molecule has 0 saturated carbocycles. The van der Waals surface area contributed by atoms with Crippen LogP contribution in [0.5, 0.6) is 0 Å². The van der Waals surface area contributed by atoms with Crippen LogP contribution in [0.1, 0.15) is 34.0 Å². The number of rotatable bonds is 5. The Kier molecular flexibility index (Phi) is 5.89. The third-order valence-corrected chi connectivity index (χ3v) is 5.24. The van der Waals surface area contributed by atoms with Gasteiger partial charge in [0.1, 0.15) is 11.6 Å². The molecule has 4 aromatic rings. The van der Waals surface area contributed by atoms with Gasteiger partial charge >= 0.3 is 0 Å². The average Bonchev–Trinajstić information content (AvgIpc) is 3.24. The standard InChI is InChI=1S/C25H22FN5O/c1-4-21(18-7-5-17(6-8-18)20-12-29-31(3)15-20)19-9-10-24(28-11-19)30-25(32)22-13-27-14-23(26)16(22)2/h4-15H,1-3H3,(H,28,30,32)/b21-4-. The molecule has 1 N–H and O–H groups in total. The van der Waals surface area contributed by atoms with Crippen LogP contribution in [0, 0.1) is 12.7 Å². The predicted octanol–water partition coefficient (Wildman–Crippen LogP) is 5.03. The van der Waals surface area contributed by atoms with Crippen molar-refractivity contribution in [1.82, 2.24) is 19.7 Å². The van der Waals surface area contributed by atoms with E-state index in [0.29, 0.717) is 5.82 Å². The number of nitrogens with one attached hydrogen (secondary N) is 1. The Balaban J connectivity index is 1.51. The normalized spacial score (nSPS) is 11.4. The molecule has 1 aromatic carbocycles. The Morgan fingerprint density at radius 1 is 1.00 bits per heavy atom. The van der Waals surface area contributed by atoms with Crippen LogP contribution in [0.2, 0.25) is 0 Å². The number of aryl methyl sites for hydroxylation is 1. The van der Waals surface area contributed by atoms with E-state index in [1.807, 2.05) is 38.5 Å². The summed E-state index contributed by atoms with van der Waals surface area (Å²) >= 11 is 0. The molecule has 160 valence electrons. The van der Waals surface area contributed by atoms with Crippen molar-refractivity contribution in [2.45, 2.75) is 13.8 Å². The number of aromatic nitrogens is 4. The SMILES string of the molecule is C/C=C(/c1ccc(-c2cnn(C)c2)cc1)c1ccc(NC(=O)c2cncc(F)c2C)nc1. The van der Waals surface area contributed by atoms with Gasteiger partial charge in [-0.3, -0.25) is 14.5 Å². The number of pyridine rings is 2. The Hall–Kier alpha value is -4.13. The molecule has 0 spiro atoms. The van der Waals surface area contributed by atoms with Gasteiger partial charge in [0.15, 0.2) is 0 Å². The first kappa shape index (κ1) is 21.1. The molecule has 0 saturated heterocycles. The van der Waals surface area contributed by atoms with Gasteiger partial charge in [0, 0.05) is 42.3 Å². The molecule has 0 aliphatic carbocycles. The van der Waals surface area contributed by atoms with Crippen molar-refractivity contribution in [3.05, 3.63) is 102 Å². The van der Waals surface area contributed by atoms with E-state index in [-0.39, 0.29) is 11.1 Å². The lowest BCUT2D eigenvalue weighted by atomic mass is 9.97. The molecule has 6 nitrogen and oxygen atoms in total. The van der Waals surface area contributed by atoms with Crippen molar-refractivity contribution >= 4 is 17.3 Å². The second-order valence-corrected chi connectivity index (χ2v) is 7.36. The maximum Gasteiger partial charge on any atom is 0.258 e. The number of carbonyl (C=O) groups excluding carboxylic acids is 1. The molecular formula is C25H22FN5O. The van der Waals surface area contributed by atoms with Gasteiger partial charge in [0.05, 0.1) is 18.0 Å². The molecule has 3 heterocycles. The van der Waals surface area contributed by atoms with E-state index in [0.717, 1.165) is 34.0 Å². The van der Waals surface area contributed by atoms with Gasteiger partial charge < -0.3 is 5.32 Å². The summed E-state index contributed by atoms with van der Waals surface area (Å²) < 4.78 is 15.5. The smallest absolute Gasteiger partial charge is 0.258 e. The van der Waals surface area contributed by atoms with Crippen LogP contribution in [0.3, 0.4) is 0 Å². The molecule has 0 atom stereocenters. The van der Waals surface area contributed by atoms with Crippen LogP contribution < -0.4 is 5.32 Å². The third-order valence-electron chi connectivity index (χ3n) is 5.24. The van der Waals surface area contributed by atoms with E-state index >= 15 is 0 Å². The fourth-order valence-corrected chi connectivity index (χ4v) is 3.45. The molecule has 0 aliphatic heterocycles. The number of carbonyl (C=O) groups is 1. The summed E-state index contributed by atoms with van der Waals surface area (Å²) in [5.41, 5.74) is 5.59. The summed E-state index contributed by atoms with van der Waals surface area (Å²) in [4.78, 5) is 20.6. The molecule has 0 radical (unpaired) electrons. The topological polar surface area (TPSA) is 72.7 Å². The minimum atomic E-state index is -0.520. The zero-order valence-corrected chi connectivity index (χ0v) is 18.0. The number of hydrogen-bond acceptors (Lipinski definition) is 4. The summed E-state index contributed by atoms with van der Waals surface area (Å²) in [6.45, 7) is 3.51. The van der Waals surface area contributed by atoms with Gasteiger partial charge in [0.25, 0.3) is 5.91 Å². The first-order chi connectivity index (χ1) is 15.5. The van der Waals surface area contributed by atoms with Gasteiger partial charge in [-0.05, 0) is 42.7 Å². The Bertz CT molecular complexity index is 1290. The van der Waals surface area contributed by atoms with Gasteiger partial charge in [-0.2, -0.15) is 5.10 Å². The lowest BCUT2D eigenvalue weighted by Gasteiger charge is -2.11. The quantitative estimate of drug-likeness (QED) is 0.485. The van der Waals surface area contributed by atoms with Crippen LogP contribution in [0.4, 0.5) is 10.2 Å². The molecule has 4 rings (SSSR count). The van der Waals surface area contributed by atoms with Gasteiger partial charge in [-0.25, -0.2) is 9.37 Å². The largest absolute Gasteiger partial charge is 0.307 e. The van der Waals surface area contributed by atoms with Crippen molar-refractivity contribution in [2.75, 3.05) is 5.32 Å². The number of amides is 1. The van der Waals surface area contributed by atoms with Crippen molar-refractivity contribution < 1.29 is 9.18 Å². The molecule has 0 fully saturated rings. The number of hydrogen-bond donors (Lipinski definition) is 1. The monoisotopic (exact) mass is 427 g/mol. The second kappa shape index (κ2) is 8.93. The van der Waals surface area contributed by atoms with E-state index in [2.05, 4.69) is 44.6 Å². The number of nitrogens with zero attached hydrogens (tertiary/aromatic N) is 4. The van der Waals surface area contributed by atoms with Crippen LogP contribution >= 0.6 is 0 Å². The molecule has 0 bridgehead atoms. The lowest BCUT2D eigenvalue weighted by molar-refractivity contribution is 0.102. The first-order valence-electron chi connectivity index (χ1n) is 10.1. The fraction of sp³-hybridized carbons (Fsp3) is 0.120. The molecule has 3 aromatic heterocycles. The highest BCUT2D eigenvalue weighted by Crippen LogP contribution is 2.27. The second-order valence-electron chi connectivity index (χ2n) is 7.36. The van der Waals surface area contributed by atoms with E-state index in [4.69, 9.17) is 0 Å². The molecule has 32 heavy (non-hydrogen) atoms. The Morgan fingerprint density at radius 3 is 2.38 bits per heavy atom. The minimum Gasteiger partial charge on any atom is -0.307 e. The van der Waals surface area contributed by atoms with E-state index in [1.165, 1.54) is 6.20 Å². The highest BCUT2D eigenvalue weighted by Gasteiger charge is 2.14. The van der Waals surface area contributed by atoms with Crippen molar-refractivity contribution in [3.63, 3.8) is 0 Å². The van der Waals surface area contributed by atoms with E-state index in [1.54, 1.807) is 23.9 Å². The Labute approximate surface area is 185 Å². The van der Waals surface area contributed by atoms with Gasteiger partial charge in [-0.1, -0.05) is 30.3 Å². The summed E-state index contributed by atoms with van der Waals surface area (Å²) in [6, 6.07) is 11.9. The molecular weight excluding hydrogens is 405 g/mol.